The zero-order valence-corrected chi connectivity index (χ0v) is 14.4. The third kappa shape index (κ3) is 3.20. The summed E-state index contributed by atoms with van der Waals surface area (Å²) in [6.07, 6.45) is 0.692. The Hall–Kier alpha value is -2.53. The van der Waals surface area contributed by atoms with E-state index in [-0.39, 0.29) is 12.1 Å². The Bertz CT molecular complexity index is 760. The molecule has 2 aliphatic heterocycles. The van der Waals surface area contributed by atoms with Crippen molar-refractivity contribution in [1.29, 1.82) is 0 Å². The highest BCUT2D eigenvalue weighted by Gasteiger charge is 2.36. The highest BCUT2D eigenvalue weighted by atomic mass is 16.6. The fourth-order valence-electron chi connectivity index (χ4n) is 3.62. The lowest BCUT2D eigenvalue weighted by Crippen LogP contribution is -2.40. The second-order valence-corrected chi connectivity index (χ2v) is 6.58. The quantitative estimate of drug-likeness (QED) is 0.860. The van der Waals surface area contributed by atoms with Gasteiger partial charge in [0.05, 0.1) is 18.8 Å². The van der Waals surface area contributed by atoms with E-state index in [0.717, 1.165) is 37.5 Å². The SMILES string of the molecule is COc1ccc(CN2CC[C@H]3COC(=O)N3c3ccccc3C2)cc1. The summed E-state index contributed by atoms with van der Waals surface area (Å²) in [6, 6.07) is 16.5. The fraction of sp³-hybridized carbons (Fsp3) is 0.350. The number of amides is 1. The van der Waals surface area contributed by atoms with Crippen LogP contribution in [0.25, 0.3) is 0 Å². The highest BCUT2D eigenvalue weighted by Crippen LogP contribution is 2.31. The molecule has 0 spiro atoms. The number of ether oxygens (including phenoxy) is 2. The lowest BCUT2D eigenvalue weighted by atomic mass is 10.0. The van der Waals surface area contributed by atoms with Gasteiger partial charge in [0.1, 0.15) is 12.4 Å². The first-order valence-corrected chi connectivity index (χ1v) is 8.64. The van der Waals surface area contributed by atoms with Gasteiger partial charge in [-0.25, -0.2) is 4.79 Å². The molecule has 0 N–H and O–H groups in total. The Labute approximate surface area is 147 Å². The third-order valence-corrected chi connectivity index (χ3v) is 4.95. The maximum absolute atomic E-state index is 12.1. The Morgan fingerprint density at radius 2 is 1.96 bits per heavy atom. The molecule has 0 unspecified atom stereocenters. The monoisotopic (exact) mass is 338 g/mol. The van der Waals surface area contributed by atoms with Gasteiger partial charge in [0, 0.05) is 19.6 Å². The summed E-state index contributed by atoms with van der Waals surface area (Å²) in [4.78, 5) is 16.4. The van der Waals surface area contributed by atoms with Crippen LogP contribution in [0.5, 0.6) is 5.75 Å². The van der Waals surface area contributed by atoms with Crippen molar-refractivity contribution in [3.05, 3.63) is 59.7 Å². The minimum atomic E-state index is -0.221. The number of methoxy groups -OCH3 is 1. The first-order valence-electron chi connectivity index (χ1n) is 8.64. The van der Waals surface area contributed by atoms with Crippen LogP contribution in [0, 0.1) is 0 Å². The summed E-state index contributed by atoms with van der Waals surface area (Å²) in [5, 5.41) is 0. The van der Waals surface area contributed by atoms with E-state index in [9.17, 15) is 4.79 Å². The Morgan fingerprint density at radius 3 is 2.76 bits per heavy atom. The van der Waals surface area contributed by atoms with Gasteiger partial charge in [0.2, 0.25) is 0 Å². The molecule has 0 aromatic heterocycles. The van der Waals surface area contributed by atoms with Crippen molar-refractivity contribution in [2.45, 2.75) is 25.6 Å². The number of anilines is 1. The first-order chi connectivity index (χ1) is 12.2. The molecule has 4 rings (SSSR count). The highest BCUT2D eigenvalue weighted by molar-refractivity contribution is 5.91. The van der Waals surface area contributed by atoms with E-state index in [1.807, 2.05) is 35.2 Å². The van der Waals surface area contributed by atoms with E-state index in [0.29, 0.717) is 6.61 Å². The summed E-state index contributed by atoms with van der Waals surface area (Å²) < 4.78 is 10.5. The second kappa shape index (κ2) is 6.76. The van der Waals surface area contributed by atoms with Crippen LogP contribution in [0.15, 0.2) is 48.5 Å². The second-order valence-electron chi connectivity index (χ2n) is 6.58. The van der Waals surface area contributed by atoms with E-state index < -0.39 is 0 Å². The lowest BCUT2D eigenvalue weighted by molar-refractivity contribution is 0.177. The van der Waals surface area contributed by atoms with Crippen LogP contribution in [0.4, 0.5) is 10.5 Å². The van der Waals surface area contributed by atoms with Gasteiger partial charge in [0.25, 0.3) is 0 Å². The van der Waals surface area contributed by atoms with Crippen molar-refractivity contribution in [3.8, 4) is 5.75 Å². The Morgan fingerprint density at radius 1 is 1.16 bits per heavy atom. The summed E-state index contributed by atoms with van der Waals surface area (Å²) >= 11 is 0. The van der Waals surface area contributed by atoms with Gasteiger partial charge in [-0.3, -0.25) is 9.80 Å². The molecule has 130 valence electrons. The van der Waals surface area contributed by atoms with Crippen LogP contribution in [0.3, 0.4) is 0 Å². The molecule has 2 aliphatic rings. The van der Waals surface area contributed by atoms with Crippen molar-refractivity contribution in [1.82, 2.24) is 4.90 Å². The maximum atomic E-state index is 12.1. The minimum Gasteiger partial charge on any atom is -0.497 e. The van der Waals surface area contributed by atoms with Gasteiger partial charge in [-0.2, -0.15) is 0 Å². The van der Waals surface area contributed by atoms with Crippen LogP contribution in [0.2, 0.25) is 0 Å². The molecule has 1 atom stereocenters. The molecule has 0 radical (unpaired) electrons. The predicted octanol–water partition coefficient (Wildman–Crippen LogP) is 3.43. The van der Waals surface area contributed by atoms with Crippen LogP contribution in [-0.4, -0.2) is 37.3 Å². The molecule has 1 fully saturated rings. The molecule has 5 heteroatoms. The zero-order valence-electron chi connectivity index (χ0n) is 14.4. The number of nitrogens with zero attached hydrogens (tertiary/aromatic N) is 2. The molecule has 1 saturated heterocycles. The van der Waals surface area contributed by atoms with Crippen LogP contribution < -0.4 is 9.64 Å². The van der Waals surface area contributed by atoms with Gasteiger partial charge in [0.15, 0.2) is 0 Å². The Balaban J connectivity index is 1.58. The molecule has 25 heavy (non-hydrogen) atoms. The standard InChI is InChI=1S/C20H22N2O3/c1-24-18-8-6-15(7-9-18)12-21-11-10-17-14-25-20(23)22(17)19-5-3-2-4-16(19)13-21/h2-9,17H,10-14H2,1H3/t17-/m0/s1. The number of hydrogen-bond donors (Lipinski definition) is 0. The number of benzene rings is 2. The van der Waals surface area contributed by atoms with E-state index in [1.165, 1.54) is 11.1 Å². The number of carbonyl (C=O) groups is 1. The predicted molar refractivity (Wildman–Crippen MR) is 95.8 cm³/mol. The average molecular weight is 338 g/mol. The van der Waals surface area contributed by atoms with E-state index in [1.54, 1.807) is 7.11 Å². The first kappa shape index (κ1) is 16.0. The van der Waals surface area contributed by atoms with Crippen LogP contribution >= 0.6 is 0 Å². The minimum absolute atomic E-state index is 0.118. The summed E-state index contributed by atoms with van der Waals surface area (Å²) in [5.41, 5.74) is 3.41. The average Bonchev–Trinajstić information content (AvgIpc) is 2.99. The van der Waals surface area contributed by atoms with E-state index in [2.05, 4.69) is 23.1 Å². The molecule has 2 aromatic carbocycles. The number of rotatable bonds is 3. The third-order valence-electron chi connectivity index (χ3n) is 4.95. The number of hydrogen-bond acceptors (Lipinski definition) is 4. The molecule has 0 bridgehead atoms. The van der Waals surface area contributed by atoms with Gasteiger partial charge >= 0.3 is 6.09 Å². The number of carbonyl (C=O) groups excluding carboxylic acids is 1. The van der Waals surface area contributed by atoms with Gasteiger partial charge in [-0.1, -0.05) is 30.3 Å². The lowest BCUT2D eigenvalue weighted by Gasteiger charge is -2.32. The molecule has 5 nitrogen and oxygen atoms in total. The van der Waals surface area contributed by atoms with E-state index in [4.69, 9.17) is 9.47 Å². The van der Waals surface area contributed by atoms with Crippen molar-refractivity contribution < 1.29 is 14.3 Å². The van der Waals surface area contributed by atoms with Crippen molar-refractivity contribution in [3.63, 3.8) is 0 Å². The number of fused-ring (bicyclic) bond motifs is 3. The van der Waals surface area contributed by atoms with Crippen molar-refractivity contribution >= 4 is 11.8 Å². The van der Waals surface area contributed by atoms with E-state index >= 15 is 0 Å². The van der Waals surface area contributed by atoms with Crippen LogP contribution in [-0.2, 0) is 17.8 Å². The van der Waals surface area contributed by atoms with Gasteiger partial charge < -0.3 is 9.47 Å². The number of cyclic esters (lactones) is 1. The normalized spacial score (nSPS) is 20.3. The van der Waals surface area contributed by atoms with Crippen LogP contribution in [0.1, 0.15) is 17.5 Å². The molecule has 2 aromatic rings. The van der Waals surface area contributed by atoms with Crippen molar-refractivity contribution in [2.24, 2.45) is 0 Å². The summed E-state index contributed by atoms with van der Waals surface area (Å²) in [6.45, 7) is 3.10. The molecule has 0 aliphatic carbocycles. The summed E-state index contributed by atoms with van der Waals surface area (Å²) in [5.74, 6) is 0.874. The molecule has 1 amide bonds. The maximum Gasteiger partial charge on any atom is 0.414 e. The molecular weight excluding hydrogens is 316 g/mol. The van der Waals surface area contributed by atoms with Gasteiger partial charge in [-0.05, 0) is 35.7 Å². The fourth-order valence-corrected chi connectivity index (χ4v) is 3.62. The van der Waals surface area contributed by atoms with Crippen molar-refractivity contribution in [2.75, 3.05) is 25.2 Å². The summed E-state index contributed by atoms with van der Waals surface area (Å²) in [7, 11) is 1.68. The van der Waals surface area contributed by atoms with Gasteiger partial charge in [-0.15, -0.1) is 0 Å². The Kier molecular flexibility index (Phi) is 4.32. The number of para-hydroxylation sites is 1. The smallest absolute Gasteiger partial charge is 0.414 e. The molecule has 0 saturated carbocycles. The zero-order chi connectivity index (χ0) is 17.2. The topological polar surface area (TPSA) is 42.0 Å². The molecule has 2 heterocycles. The molecular formula is C20H22N2O3. The largest absolute Gasteiger partial charge is 0.497 e.